The van der Waals surface area contributed by atoms with Crippen molar-refractivity contribution >= 4 is 29.2 Å². The monoisotopic (exact) mass is 400 g/mol. The van der Waals surface area contributed by atoms with Crippen LogP contribution in [0.2, 0.25) is 5.02 Å². The second-order valence-corrected chi connectivity index (χ2v) is 7.97. The van der Waals surface area contributed by atoms with Crippen molar-refractivity contribution in [2.75, 3.05) is 38.1 Å². The summed E-state index contributed by atoms with van der Waals surface area (Å²) in [6, 6.07) is 8.10. The summed E-state index contributed by atoms with van der Waals surface area (Å²) in [4.78, 5) is 20.9. The number of amides is 1. The van der Waals surface area contributed by atoms with E-state index >= 15 is 0 Å². The van der Waals surface area contributed by atoms with Gasteiger partial charge in [-0.25, -0.2) is 0 Å². The van der Waals surface area contributed by atoms with Gasteiger partial charge < -0.3 is 15.1 Å². The summed E-state index contributed by atoms with van der Waals surface area (Å²) in [6.45, 7) is 2.44. The van der Waals surface area contributed by atoms with Gasteiger partial charge in [0.2, 0.25) is 5.91 Å². The highest BCUT2D eigenvalue weighted by Crippen LogP contribution is 2.48. The molecule has 2 aromatic rings. The summed E-state index contributed by atoms with van der Waals surface area (Å²) in [5, 5.41) is 8.41. The predicted octanol–water partition coefficient (Wildman–Crippen LogP) is 2.03. The molecule has 0 bridgehead atoms. The Morgan fingerprint density at radius 3 is 2.79 bits per heavy atom. The molecule has 4 rings (SSSR count). The van der Waals surface area contributed by atoms with Crippen LogP contribution < -0.4 is 10.2 Å². The summed E-state index contributed by atoms with van der Waals surface area (Å²) >= 11 is 6.17. The van der Waals surface area contributed by atoms with Crippen LogP contribution in [-0.4, -0.2) is 59.8 Å². The molecule has 8 heteroatoms. The maximum atomic E-state index is 12.7. The van der Waals surface area contributed by atoms with Gasteiger partial charge in [-0.3, -0.25) is 14.5 Å². The largest absolute Gasteiger partial charge is 0.355 e. The summed E-state index contributed by atoms with van der Waals surface area (Å²) in [5.74, 6) is 0.825. The van der Waals surface area contributed by atoms with Gasteiger partial charge in [0, 0.05) is 50.4 Å². The highest BCUT2D eigenvalue weighted by Gasteiger charge is 2.44. The minimum atomic E-state index is 0.0539. The first-order valence-corrected chi connectivity index (χ1v) is 9.89. The average Bonchev–Trinajstić information content (AvgIpc) is 3.36. The van der Waals surface area contributed by atoms with Gasteiger partial charge in [-0.1, -0.05) is 23.7 Å². The van der Waals surface area contributed by atoms with Crippen molar-refractivity contribution in [1.82, 2.24) is 20.0 Å². The Kier molecular flexibility index (Phi) is 5.02. The van der Waals surface area contributed by atoms with Crippen molar-refractivity contribution in [2.24, 2.45) is 12.0 Å². The summed E-state index contributed by atoms with van der Waals surface area (Å²) in [7, 11) is 3.61. The molecule has 0 spiro atoms. The minimum absolute atomic E-state index is 0.0539. The molecule has 1 aromatic carbocycles. The third-order valence-electron chi connectivity index (χ3n) is 5.61. The molecule has 0 atom stereocenters. The Bertz CT molecular complexity index is 904. The molecule has 1 aromatic heterocycles. The topological polar surface area (TPSA) is 65.8 Å². The number of aromatic nitrogens is 2. The van der Waals surface area contributed by atoms with Crippen LogP contribution in [0.1, 0.15) is 18.4 Å². The van der Waals surface area contributed by atoms with E-state index in [1.54, 1.807) is 22.8 Å². The molecule has 7 nitrogen and oxygen atoms in total. The van der Waals surface area contributed by atoms with E-state index in [0.29, 0.717) is 13.1 Å². The Hall–Kier alpha value is -2.54. The van der Waals surface area contributed by atoms with Crippen LogP contribution in [0, 0.1) is 0 Å². The molecule has 2 fully saturated rings. The van der Waals surface area contributed by atoms with Crippen LogP contribution in [0.5, 0.6) is 0 Å². The number of benzene rings is 1. The summed E-state index contributed by atoms with van der Waals surface area (Å²) in [6.07, 6.45) is 5.85. The van der Waals surface area contributed by atoms with Gasteiger partial charge >= 0.3 is 0 Å². The first-order valence-electron chi connectivity index (χ1n) is 9.51. The number of piperazine rings is 1. The molecule has 2 aliphatic rings. The number of aryl methyl sites for hydroxylation is 1. The Morgan fingerprint density at radius 1 is 1.36 bits per heavy atom. The third-order valence-corrected chi connectivity index (χ3v) is 5.85. The van der Waals surface area contributed by atoms with E-state index < -0.39 is 0 Å². The Morgan fingerprint density at radius 2 is 2.18 bits per heavy atom. The molecule has 1 aliphatic carbocycles. The molecule has 0 radical (unpaired) electrons. The SMILES string of the molecule is CN=C(NCC1(c2cccc(Cl)c2)CC1)N1CCN(c2cnn(C)c2)C(=O)C1. The molecule has 148 valence electrons. The second-order valence-electron chi connectivity index (χ2n) is 7.53. The molecule has 0 unspecified atom stereocenters. The number of anilines is 1. The number of aliphatic imine (C=N–C) groups is 1. The first kappa shape index (κ1) is 18.8. The van der Waals surface area contributed by atoms with E-state index in [9.17, 15) is 4.79 Å². The summed E-state index contributed by atoms with van der Waals surface area (Å²) in [5.41, 5.74) is 2.22. The van der Waals surface area contributed by atoms with Gasteiger partial charge in [0.15, 0.2) is 5.96 Å². The fraction of sp³-hybridized carbons (Fsp3) is 0.450. The van der Waals surface area contributed by atoms with Crippen LogP contribution in [0.15, 0.2) is 41.7 Å². The molecule has 1 saturated carbocycles. The van der Waals surface area contributed by atoms with E-state index in [1.807, 2.05) is 30.3 Å². The number of carbonyl (C=O) groups is 1. The Labute approximate surface area is 170 Å². The number of guanidine groups is 1. The minimum Gasteiger partial charge on any atom is -0.355 e. The van der Waals surface area contributed by atoms with Crippen molar-refractivity contribution in [2.45, 2.75) is 18.3 Å². The van der Waals surface area contributed by atoms with Gasteiger partial charge in [0.05, 0.1) is 11.9 Å². The molecule has 2 heterocycles. The predicted molar refractivity (Wildman–Crippen MR) is 111 cm³/mol. The van der Waals surface area contributed by atoms with Crippen molar-refractivity contribution in [3.63, 3.8) is 0 Å². The van der Waals surface area contributed by atoms with Crippen molar-refractivity contribution in [3.8, 4) is 0 Å². The van der Waals surface area contributed by atoms with Gasteiger partial charge in [-0.15, -0.1) is 0 Å². The smallest absolute Gasteiger partial charge is 0.246 e. The highest BCUT2D eigenvalue weighted by molar-refractivity contribution is 6.30. The first-order chi connectivity index (χ1) is 13.5. The standard InChI is InChI=1S/C20H25ClN6O/c1-22-19(23-14-20(6-7-20)15-4-3-5-16(21)10-15)26-8-9-27(18(28)13-26)17-11-24-25(2)12-17/h3-5,10-12H,6-9,13-14H2,1-2H3,(H,22,23). The van der Waals surface area contributed by atoms with E-state index in [-0.39, 0.29) is 11.3 Å². The highest BCUT2D eigenvalue weighted by atomic mass is 35.5. The van der Waals surface area contributed by atoms with E-state index in [2.05, 4.69) is 27.5 Å². The Balaban J connectivity index is 1.38. The number of nitrogens with zero attached hydrogens (tertiary/aromatic N) is 5. The van der Waals surface area contributed by atoms with Gasteiger partial charge in [-0.05, 0) is 30.5 Å². The van der Waals surface area contributed by atoms with E-state index in [1.165, 1.54) is 5.56 Å². The van der Waals surface area contributed by atoms with Crippen molar-refractivity contribution in [3.05, 3.63) is 47.2 Å². The number of rotatable bonds is 4. The lowest BCUT2D eigenvalue weighted by Gasteiger charge is -2.35. The zero-order valence-electron chi connectivity index (χ0n) is 16.2. The van der Waals surface area contributed by atoms with Crippen LogP contribution in [0.25, 0.3) is 0 Å². The van der Waals surface area contributed by atoms with Gasteiger partial charge in [0.1, 0.15) is 6.54 Å². The molecule has 1 aliphatic heterocycles. The van der Waals surface area contributed by atoms with Crippen LogP contribution >= 0.6 is 11.6 Å². The third kappa shape index (κ3) is 3.71. The molecule has 1 amide bonds. The van der Waals surface area contributed by atoms with Crippen LogP contribution in [0.3, 0.4) is 0 Å². The lowest BCUT2D eigenvalue weighted by atomic mass is 9.96. The molecule has 1 saturated heterocycles. The van der Waals surface area contributed by atoms with E-state index in [0.717, 1.165) is 42.6 Å². The molecular weight excluding hydrogens is 376 g/mol. The summed E-state index contributed by atoms with van der Waals surface area (Å²) < 4.78 is 1.71. The molecule has 28 heavy (non-hydrogen) atoms. The number of hydrogen-bond donors (Lipinski definition) is 1. The number of nitrogens with one attached hydrogen (secondary N) is 1. The maximum absolute atomic E-state index is 12.7. The fourth-order valence-electron chi connectivity index (χ4n) is 3.79. The fourth-order valence-corrected chi connectivity index (χ4v) is 3.98. The normalized spacial score (nSPS) is 19.1. The van der Waals surface area contributed by atoms with Gasteiger partial charge in [-0.2, -0.15) is 5.10 Å². The zero-order valence-corrected chi connectivity index (χ0v) is 17.0. The number of hydrogen-bond acceptors (Lipinski definition) is 3. The lowest BCUT2D eigenvalue weighted by molar-refractivity contribution is -0.120. The molecule has 1 N–H and O–H groups in total. The quantitative estimate of drug-likeness (QED) is 0.630. The second kappa shape index (κ2) is 7.47. The van der Waals surface area contributed by atoms with Crippen LogP contribution in [-0.2, 0) is 17.3 Å². The number of carbonyl (C=O) groups excluding carboxylic acids is 1. The lowest BCUT2D eigenvalue weighted by Crippen LogP contribution is -2.56. The average molecular weight is 401 g/mol. The van der Waals surface area contributed by atoms with E-state index in [4.69, 9.17) is 11.6 Å². The van der Waals surface area contributed by atoms with Crippen molar-refractivity contribution in [1.29, 1.82) is 0 Å². The number of halogens is 1. The van der Waals surface area contributed by atoms with Crippen molar-refractivity contribution < 1.29 is 4.79 Å². The maximum Gasteiger partial charge on any atom is 0.246 e. The zero-order chi connectivity index (χ0) is 19.7. The molecular formula is C20H25ClN6O. The van der Waals surface area contributed by atoms with Gasteiger partial charge in [0.25, 0.3) is 0 Å². The van der Waals surface area contributed by atoms with Crippen LogP contribution in [0.4, 0.5) is 5.69 Å².